The Bertz CT molecular complexity index is 1080. The highest BCUT2D eigenvalue weighted by molar-refractivity contribution is 7.15. The van der Waals surface area contributed by atoms with Crippen LogP contribution in [0.15, 0.2) is 53.9 Å². The second kappa shape index (κ2) is 6.77. The topological polar surface area (TPSA) is 43.6 Å². The third kappa shape index (κ3) is 2.70. The van der Waals surface area contributed by atoms with Crippen LogP contribution in [0.3, 0.4) is 0 Å². The van der Waals surface area contributed by atoms with Gasteiger partial charge in [0.1, 0.15) is 17.1 Å². The minimum atomic E-state index is 0.545. The number of para-hydroxylation sites is 1. The van der Waals surface area contributed by atoms with Gasteiger partial charge in [-0.1, -0.05) is 42.0 Å². The molecule has 0 atom stereocenters. The number of benzene rings is 2. The second-order valence-corrected chi connectivity index (χ2v) is 6.83. The van der Waals surface area contributed by atoms with Gasteiger partial charge in [-0.15, -0.1) is 11.3 Å². The zero-order chi connectivity index (χ0) is 18.1. The van der Waals surface area contributed by atoms with Crippen molar-refractivity contribution in [2.24, 2.45) is 0 Å². The minimum absolute atomic E-state index is 0.545. The van der Waals surface area contributed by atoms with E-state index in [0.717, 1.165) is 33.8 Å². The molecule has 4 nitrogen and oxygen atoms in total. The largest absolute Gasteiger partial charge is 0.493 e. The van der Waals surface area contributed by atoms with Crippen molar-refractivity contribution in [3.05, 3.63) is 65.2 Å². The van der Waals surface area contributed by atoms with Gasteiger partial charge in [-0.05, 0) is 31.5 Å². The molecule has 0 unspecified atom stereocenters. The van der Waals surface area contributed by atoms with Crippen molar-refractivity contribution < 1.29 is 9.53 Å². The number of aryl methyl sites for hydroxylation is 1. The molecule has 130 valence electrons. The molecular weight excluding hydrogens is 344 g/mol. The molecule has 2 aromatic carbocycles. The van der Waals surface area contributed by atoms with Crippen molar-refractivity contribution in [3.63, 3.8) is 0 Å². The molecule has 0 aliphatic rings. The van der Waals surface area contributed by atoms with Gasteiger partial charge >= 0.3 is 0 Å². The van der Waals surface area contributed by atoms with E-state index in [2.05, 4.69) is 31.2 Å². The number of fused-ring (bicyclic) bond motifs is 1. The summed E-state index contributed by atoms with van der Waals surface area (Å²) >= 11 is 1.53. The molecule has 26 heavy (non-hydrogen) atoms. The zero-order valence-corrected chi connectivity index (χ0v) is 15.4. The van der Waals surface area contributed by atoms with E-state index < -0.39 is 0 Å². The molecule has 5 heteroatoms. The molecular formula is C21H18N2O2S. The number of ether oxygens (including phenoxy) is 1. The quantitative estimate of drug-likeness (QED) is 0.456. The number of aldehydes is 1. The van der Waals surface area contributed by atoms with Crippen molar-refractivity contribution >= 4 is 22.6 Å². The number of hydrogen-bond acceptors (Lipinski definition) is 4. The monoisotopic (exact) mass is 362 g/mol. The molecule has 0 radical (unpaired) electrons. The van der Waals surface area contributed by atoms with E-state index >= 15 is 0 Å². The third-order valence-electron chi connectivity index (χ3n) is 4.30. The Hall–Kier alpha value is -2.92. The Labute approximate surface area is 155 Å². The third-order valence-corrected chi connectivity index (χ3v) is 5.13. The molecule has 0 N–H and O–H groups in total. The van der Waals surface area contributed by atoms with Crippen molar-refractivity contribution in [2.45, 2.75) is 13.8 Å². The van der Waals surface area contributed by atoms with Gasteiger partial charge in [-0.2, -0.15) is 0 Å². The van der Waals surface area contributed by atoms with E-state index in [4.69, 9.17) is 9.72 Å². The van der Waals surface area contributed by atoms with Gasteiger partial charge in [-0.3, -0.25) is 9.20 Å². The lowest BCUT2D eigenvalue weighted by atomic mass is 10.1. The van der Waals surface area contributed by atoms with E-state index in [9.17, 15) is 4.79 Å². The van der Waals surface area contributed by atoms with E-state index in [1.165, 1.54) is 16.9 Å². The first-order chi connectivity index (χ1) is 12.7. The maximum absolute atomic E-state index is 12.0. The number of thiazole rings is 1. The summed E-state index contributed by atoms with van der Waals surface area (Å²) < 4.78 is 7.66. The predicted octanol–water partition coefficient (Wildman–Crippen LogP) is 5.25. The smallest absolute Gasteiger partial charge is 0.195 e. The predicted molar refractivity (Wildman–Crippen MR) is 105 cm³/mol. The van der Waals surface area contributed by atoms with Crippen LogP contribution in [0, 0.1) is 6.92 Å². The minimum Gasteiger partial charge on any atom is -0.493 e. The second-order valence-electron chi connectivity index (χ2n) is 6.00. The average molecular weight is 362 g/mol. The first kappa shape index (κ1) is 16.5. The van der Waals surface area contributed by atoms with E-state index in [1.54, 1.807) is 0 Å². The highest BCUT2D eigenvalue weighted by Gasteiger charge is 2.20. The fourth-order valence-electron chi connectivity index (χ4n) is 3.06. The molecule has 0 aliphatic carbocycles. The summed E-state index contributed by atoms with van der Waals surface area (Å²) in [6, 6.07) is 16.0. The number of imidazole rings is 1. The first-order valence-electron chi connectivity index (χ1n) is 8.47. The summed E-state index contributed by atoms with van der Waals surface area (Å²) in [5.41, 5.74) is 5.27. The van der Waals surface area contributed by atoms with Crippen LogP contribution in [-0.2, 0) is 0 Å². The molecule has 2 heterocycles. The highest BCUT2D eigenvalue weighted by Crippen LogP contribution is 2.36. The van der Waals surface area contributed by atoms with Crippen LogP contribution in [-0.4, -0.2) is 22.3 Å². The average Bonchev–Trinajstić information content (AvgIpc) is 3.22. The van der Waals surface area contributed by atoms with E-state index in [-0.39, 0.29) is 0 Å². The van der Waals surface area contributed by atoms with Gasteiger partial charge in [-0.25, -0.2) is 4.98 Å². The summed E-state index contributed by atoms with van der Waals surface area (Å²) in [6.07, 6.45) is 0.877. The van der Waals surface area contributed by atoms with Crippen LogP contribution in [0.4, 0.5) is 0 Å². The zero-order valence-electron chi connectivity index (χ0n) is 14.6. The number of hydrogen-bond donors (Lipinski definition) is 0. The van der Waals surface area contributed by atoms with Gasteiger partial charge in [0.05, 0.1) is 12.3 Å². The Balaban J connectivity index is 1.94. The first-order valence-corrected chi connectivity index (χ1v) is 9.35. The summed E-state index contributed by atoms with van der Waals surface area (Å²) in [7, 11) is 0. The molecule has 2 aromatic heterocycles. The van der Waals surface area contributed by atoms with E-state index in [1.807, 2.05) is 41.0 Å². The Morgan fingerprint density at radius 1 is 1.15 bits per heavy atom. The lowest BCUT2D eigenvalue weighted by Crippen LogP contribution is -1.97. The van der Waals surface area contributed by atoms with Gasteiger partial charge in [0.2, 0.25) is 0 Å². The van der Waals surface area contributed by atoms with Crippen molar-refractivity contribution in [1.82, 2.24) is 9.38 Å². The number of carbonyl (C=O) groups excluding carboxylic acids is 1. The summed E-state index contributed by atoms with van der Waals surface area (Å²) in [5.74, 6) is 0.737. The fraction of sp³-hybridized carbons (Fsp3) is 0.143. The Kier molecular flexibility index (Phi) is 4.31. The molecule has 0 saturated heterocycles. The number of aromatic nitrogens is 2. The Morgan fingerprint density at radius 3 is 2.65 bits per heavy atom. The maximum atomic E-state index is 12.0. The molecule has 0 aliphatic heterocycles. The van der Waals surface area contributed by atoms with Crippen LogP contribution in [0.25, 0.3) is 27.5 Å². The summed E-state index contributed by atoms with van der Waals surface area (Å²) in [6.45, 7) is 4.56. The summed E-state index contributed by atoms with van der Waals surface area (Å²) in [4.78, 5) is 17.5. The highest BCUT2D eigenvalue weighted by atomic mass is 32.1. The summed E-state index contributed by atoms with van der Waals surface area (Å²) in [5, 5.41) is 2.04. The van der Waals surface area contributed by atoms with Gasteiger partial charge in [0, 0.05) is 10.9 Å². The number of rotatable bonds is 5. The van der Waals surface area contributed by atoms with Crippen molar-refractivity contribution in [1.29, 1.82) is 0 Å². The molecule has 4 rings (SSSR count). The molecule has 0 spiro atoms. The Morgan fingerprint density at radius 2 is 1.92 bits per heavy atom. The standard InChI is InChI=1S/C21H18N2O2S/c1-3-25-19-7-5-4-6-16(19)20-17(12-24)23-18(13-26-21(23)22-20)15-10-8-14(2)9-11-15/h4-13H,3H2,1-2H3. The molecule has 0 saturated carbocycles. The molecule has 0 fully saturated rings. The van der Waals surface area contributed by atoms with Crippen molar-refractivity contribution in [3.8, 4) is 28.3 Å². The lowest BCUT2D eigenvalue weighted by molar-refractivity contribution is 0.111. The number of carbonyl (C=O) groups is 1. The van der Waals surface area contributed by atoms with Gasteiger partial charge < -0.3 is 4.74 Å². The van der Waals surface area contributed by atoms with Crippen LogP contribution >= 0.6 is 11.3 Å². The van der Waals surface area contributed by atoms with E-state index in [0.29, 0.717) is 18.0 Å². The maximum Gasteiger partial charge on any atom is 0.195 e. The molecule has 0 amide bonds. The fourth-order valence-corrected chi connectivity index (χ4v) is 3.96. The van der Waals surface area contributed by atoms with Crippen LogP contribution in [0.1, 0.15) is 23.0 Å². The van der Waals surface area contributed by atoms with Crippen molar-refractivity contribution in [2.75, 3.05) is 6.61 Å². The molecule has 0 bridgehead atoms. The van der Waals surface area contributed by atoms with Gasteiger partial charge in [0.15, 0.2) is 11.2 Å². The lowest BCUT2D eigenvalue weighted by Gasteiger charge is -2.09. The van der Waals surface area contributed by atoms with Crippen LogP contribution in [0.2, 0.25) is 0 Å². The SMILES string of the molecule is CCOc1ccccc1-c1nc2scc(-c3ccc(C)cc3)n2c1C=O. The van der Waals surface area contributed by atoms with Gasteiger partial charge in [0.25, 0.3) is 0 Å². The number of nitrogens with zero attached hydrogens (tertiary/aromatic N) is 2. The normalized spacial score (nSPS) is 11.0. The van der Waals surface area contributed by atoms with Crippen LogP contribution < -0.4 is 4.74 Å². The molecule has 4 aromatic rings. The van der Waals surface area contributed by atoms with Crippen LogP contribution in [0.5, 0.6) is 5.75 Å².